The molecule has 5 heteroatoms. The summed E-state index contributed by atoms with van der Waals surface area (Å²) in [5.74, 6) is 0.704. The largest absolute Gasteiger partial charge is 0.299 e. The van der Waals surface area contributed by atoms with Crippen LogP contribution in [0.15, 0.2) is 29.2 Å². The maximum Gasteiger partial charge on any atom is 0.240 e. The first kappa shape index (κ1) is 16.5. The van der Waals surface area contributed by atoms with Crippen molar-refractivity contribution < 1.29 is 8.42 Å². The lowest BCUT2D eigenvalue weighted by molar-refractivity contribution is 0.140. The zero-order valence-corrected chi connectivity index (χ0v) is 14.0. The van der Waals surface area contributed by atoms with Crippen molar-refractivity contribution in [2.45, 2.75) is 44.6 Å². The topological polar surface area (TPSA) is 49.4 Å². The van der Waals surface area contributed by atoms with Crippen LogP contribution >= 0.6 is 0 Å². The van der Waals surface area contributed by atoms with Crippen LogP contribution in [0.5, 0.6) is 0 Å². The molecule has 118 valence electrons. The van der Waals surface area contributed by atoms with Gasteiger partial charge in [-0.25, -0.2) is 13.1 Å². The Morgan fingerprint density at radius 1 is 1.33 bits per heavy atom. The molecule has 0 aliphatic carbocycles. The van der Waals surface area contributed by atoms with Gasteiger partial charge in [0.1, 0.15) is 0 Å². The van der Waals surface area contributed by atoms with Crippen LogP contribution in [-0.2, 0) is 10.0 Å². The van der Waals surface area contributed by atoms with E-state index in [2.05, 4.69) is 23.5 Å². The van der Waals surface area contributed by atoms with Gasteiger partial charge in [0, 0.05) is 19.1 Å². The summed E-state index contributed by atoms with van der Waals surface area (Å²) in [7, 11) is -3.40. The van der Waals surface area contributed by atoms with E-state index in [-0.39, 0.29) is 6.04 Å². The van der Waals surface area contributed by atoms with Crippen LogP contribution in [0, 0.1) is 12.8 Å². The average molecular weight is 310 g/mol. The van der Waals surface area contributed by atoms with Gasteiger partial charge in [-0.05, 0) is 51.3 Å². The maximum absolute atomic E-state index is 12.3. The van der Waals surface area contributed by atoms with Crippen LogP contribution in [0.1, 0.15) is 32.3 Å². The normalized spacial score (nSPS) is 22.1. The lowest BCUT2D eigenvalue weighted by Crippen LogP contribution is -2.46. The second-order valence-electron chi connectivity index (χ2n) is 6.26. The highest BCUT2D eigenvalue weighted by Gasteiger charge is 2.22. The summed E-state index contributed by atoms with van der Waals surface area (Å²) >= 11 is 0. The SMILES string of the molecule is Cc1ccc(S(=O)(=O)NCC(C)N2CCCC(C)C2)cc1. The first-order chi connectivity index (χ1) is 9.88. The van der Waals surface area contributed by atoms with Gasteiger partial charge in [-0.3, -0.25) is 4.90 Å². The number of benzene rings is 1. The number of nitrogens with one attached hydrogen (secondary N) is 1. The molecule has 0 amide bonds. The molecule has 0 aromatic heterocycles. The van der Waals surface area contributed by atoms with E-state index >= 15 is 0 Å². The van der Waals surface area contributed by atoms with Gasteiger partial charge in [-0.2, -0.15) is 0 Å². The first-order valence-electron chi connectivity index (χ1n) is 7.69. The van der Waals surface area contributed by atoms with Gasteiger partial charge in [0.2, 0.25) is 10.0 Å². The van der Waals surface area contributed by atoms with Gasteiger partial charge in [-0.1, -0.05) is 24.6 Å². The fourth-order valence-electron chi connectivity index (χ4n) is 2.79. The van der Waals surface area contributed by atoms with Gasteiger partial charge in [0.25, 0.3) is 0 Å². The number of rotatable bonds is 5. The predicted molar refractivity (Wildman–Crippen MR) is 85.8 cm³/mol. The smallest absolute Gasteiger partial charge is 0.240 e. The van der Waals surface area contributed by atoms with Crippen LogP contribution in [0.25, 0.3) is 0 Å². The van der Waals surface area contributed by atoms with Crippen molar-refractivity contribution in [3.63, 3.8) is 0 Å². The molecule has 4 nitrogen and oxygen atoms in total. The van der Waals surface area contributed by atoms with Gasteiger partial charge >= 0.3 is 0 Å². The van der Waals surface area contributed by atoms with Crippen molar-refractivity contribution in [2.24, 2.45) is 5.92 Å². The van der Waals surface area contributed by atoms with Crippen LogP contribution in [-0.4, -0.2) is 39.0 Å². The number of piperidine rings is 1. The second-order valence-corrected chi connectivity index (χ2v) is 8.02. The summed E-state index contributed by atoms with van der Waals surface area (Å²) in [5, 5.41) is 0. The molecule has 1 fully saturated rings. The molecule has 0 spiro atoms. The fourth-order valence-corrected chi connectivity index (χ4v) is 3.91. The zero-order valence-electron chi connectivity index (χ0n) is 13.2. The molecule has 1 aliphatic rings. The second kappa shape index (κ2) is 6.90. The highest BCUT2D eigenvalue weighted by Crippen LogP contribution is 2.17. The lowest BCUT2D eigenvalue weighted by Gasteiger charge is -2.35. The standard InChI is InChI=1S/C16H26N2O2S/c1-13-6-8-16(9-7-13)21(19,20)17-11-15(3)18-10-4-5-14(2)12-18/h6-9,14-15,17H,4-5,10-12H2,1-3H3. The third kappa shape index (κ3) is 4.53. The molecule has 1 saturated heterocycles. The van der Waals surface area contributed by atoms with E-state index < -0.39 is 10.0 Å². The average Bonchev–Trinajstić information content (AvgIpc) is 2.45. The zero-order chi connectivity index (χ0) is 15.5. The van der Waals surface area contributed by atoms with Crippen molar-refractivity contribution >= 4 is 10.0 Å². The Bertz CT molecular complexity index is 554. The number of nitrogens with zero attached hydrogens (tertiary/aromatic N) is 1. The van der Waals surface area contributed by atoms with Crippen molar-refractivity contribution in [3.8, 4) is 0 Å². The summed E-state index contributed by atoms with van der Waals surface area (Å²) in [6.45, 7) is 8.89. The van der Waals surface area contributed by atoms with E-state index in [0.29, 0.717) is 17.4 Å². The molecular formula is C16H26N2O2S. The molecule has 1 heterocycles. The van der Waals surface area contributed by atoms with Crippen molar-refractivity contribution in [2.75, 3.05) is 19.6 Å². The number of aryl methyl sites for hydroxylation is 1. The number of hydrogen-bond acceptors (Lipinski definition) is 3. The minimum Gasteiger partial charge on any atom is -0.299 e. The molecule has 0 saturated carbocycles. The molecule has 1 aromatic rings. The number of hydrogen-bond donors (Lipinski definition) is 1. The van der Waals surface area contributed by atoms with Crippen molar-refractivity contribution in [1.82, 2.24) is 9.62 Å². The Morgan fingerprint density at radius 2 is 2.00 bits per heavy atom. The Hall–Kier alpha value is -0.910. The fraction of sp³-hybridized carbons (Fsp3) is 0.625. The van der Waals surface area contributed by atoms with Gasteiger partial charge in [0.05, 0.1) is 4.90 Å². The van der Waals surface area contributed by atoms with E-state index in [9.17, 15) is 8.42 Å². The first-order valence-corrected chi connectivity index (χ1v) is 9.17. The van der Waals surface area contributed by atoms with Crippen molar-refractivity contribution in [1.29, 1.82) is 0 Å². The maximum atomic E-state index is 12.3. The molecule has 1 aliphatic heterocycles. The van der Waals surface area contributed by atoms with Gasteiger partial charge < -0.3 is 0 Å². The summed E-state index contributed by atoms with van der Waals surface area (Å²) in [5.41, 5.74) is 1.06. The molecule has 2 atom stereocenters. The van der Waals surface area contributed by atoms with Gasteiger partial charge in [0.15, 0.2) is 0 Å². The molecular weight excluding hydrogens is 284 g/mol. The number of sulfonamides is 1. The molecule has 2 rings (SSSR count). The summed E-state index contributed by atoms with van der Waals surface area (Å²) < 4.78 is 27.3. The van der Waals surface area contributed by atoms with Crippen LogP contribution < -0.4 is 4.72 Å². The Morgan fingerprint density at radius 3 is 2.62 bits per heavy atom. The summed E-state index contributed by atoms with van der Waals surface area (Å²) in [6, 6.07) is 7.19. The van der Waals surface area contributed by atoms with E-state index in [1.807, 2.05) is 19.1 Å². The third-order valence-electron chi connectivity index (χ3n) is 4.21. The van der Waals surface area contributed by atoms with E-state index in [1.54, 1.807) is 12.1 Å². The van der Waals surface area contributed by atoms with E-state index in [1.165, 1.54) is 12.8 Å². The van der Waals surface area contributed by atoms with E-state index in [4.69, 9.17) is 0 Å². The molecule has 2 unspecified atom stereocenters. The lowest BCUT2D eigenvalue weighted by atomic mass is 9.99. The summed E-state index contributed by atoms with van der Waals surface area (Å²) in [6.07, 6.45) is 2.48. The molecule has 21 heavy (non-hydrogen) atoms. The minimum absolute atomic E-state index is 0.230. The predicted octanol–water partition coefficient (Wildman–Crippen LogP) is 2.39. The van der Waals surface area contributed by atoms with Crippen LogP contribution in [0.4, 0.5) is 0 Å². The molecule has 0 bridgehead atoms. The minimum atomic E-state index is -3.40. The van der Waals surface area contributed by atoms with Crippen LogP contribution in [0.2, 0.25) is 0 Å². The molecule has 1 aromatic carbocycles. The Labute approximate surface area is 128 Å². The van der Waals surface area contributed by atoms with Crippen LogP contribution in [0.3, 0.4) is 0 Å². The summed E-state index contributed by atoms with van der Waals surface area (Å²) in [4.78, 5) is 2.72. The highest BCUT2D eigenvalue weighted by atomic mass is 32.2. The van der Waals surface area contributed by atoms with Crippen molar-refractivity contribution in [3.05, 3.63) is 29.8 Å². The van der Waals surface area contributed by atoms with E-state index in [0.717, 1.165) is 18.7 Å². The molecule has 1 N–H and O–H groups in total. The Kier molecular flexibility index (Phi) is 5.41. The number of likely N-dealkylation sites (tertiary alicyclic amines) is 1. The molecule has 0 radical (unpaired) electrons. The third-order valence-corrected chi connectivity index (χ3v) is 5.65. The highest BCUT2D eigenvalue weighted by molar-refractivity contribution is 7.89. The Balaban J connectivity index is 1.93. The van der Waals surface area contributed by atoms with Gasteiger partial charge in [-0.15, -0.1) is 0 Å². The monoisotopic (exact) mass is 310 g/mol. The quantitative estimate of drug-likeness (QED) is 0.908.